The highest BCUT2D eigenvalue weighted by atomic mass is 79.9. The largest absolute Gasteiger partial charge is 0.396 e. The van der Waals surface area contributed by atoms with Crippen molar-refractivity contribution in [3.8, 4) is 0 Å². The summed E-state index contributed by atoms with van der Waals surface area (Å²) in [6.45, 7) is 4.86. The van der Waals surface area contributed by atoms with Crippen LogP contribution in [0.4, 0.5) is 10.1 Å². The van der Waals surface area contributed by atoms with Gasteiger partial charge in [0.25, 0.3) is 0 Å². The zero-order valence-electron chi connectivity index (χ0n) is 9.56. The van der Waals surface area contributed by atoms with E-state index < -0.39 is 0 Å². The van der Waals surface area contributed by atoms with Crippen LogP contribution >= 0.6 is 15.9 Å². The molecule has 1 atom stereocenters. The zero-order chi connectivity index (χ0) is 12.2. The van der Waals surface area contributed by atoms with Crippen molar-refractivity contribution in [2.24, 2.45) is 5.41 Å². The van der Waals surface area contributed by atoms with Gasteiger partial charge in [-0.1, -0.05) is 13.8 Å². The van der Waals surface area contributed by atoms with E-state index in [9.17, 15) is 9.50 Å². The summed E-state index contributed by atoms with van der Waals surface area (Å²) in [5, 5.41) is 12.5. The van der Waals surface area contributed by atoms with Crippen LogP contribution in [0.2, 0.25) is 0 Å². The Balaban J connectivity index is 2.64. The summed E-state index contributed by atoms with van der Waals surface area (Å²) in [6.07, 6.45) is 0.888. The molecule has 4 heteroatoms. The smallest absolute Gasteiger partial charge is 0.137 e. The highest BCUT2D eigenvalue weighted by Crippen LogP contribution is 2.23. The van der Waals surface area contributed by atoms with Crippen LogP contribution in [0.5, 0.6) is 0 Å². The van der Waals surface area contributed by atoms with Crippen LogP contribution in [-0.4, -0.2) is 18.3 Å². The van der Waals surface area contributed by atoms with Gasteiger partial charge in [0.1, 0.15) is 5.82 Å². The molecule has 0 saturated heterocycles. The molecule has 2 nitrogen and oxygen atoms in total. The lowest BCUT2D eigenvalue weighted by molar-refractivity contribution is 0.149. The number of rotatable bonds is 5. The van der Waals surface area contributed by atoms with Crippen molar-refractivity contribution in [3.05, 3.63) is 28.5 Å². The Morgan fingerprint density at radius 1 is 1.50 bits per heavy atom. The van der Waals surface area contributed by atoms with E-state index in [1.54, 1.807) is 12.1 Å². The molecule has 2 N–H and O–H groups in total. The van der Waals surface area contributed by atoms with E-state index in [0.29, 0.717) is 11.0 Å². The van der Waals surface area contributed by atoms with Gasteiger partial charge in [0, 0.05) is 17.6 Å². The second-order valence-electron chi connectivity index (χ2n) is 4.30. The van der Waals surface area contributed by atoms with Crippen LogP contribution in [0.1, 0.15) is 20.3 Å². The molecule has 1 unspecified atom stereocenters. The van der Waals surface area contributed by atoms with Crippen molar-refractivity contribution in [2.75, 3.05) is 18.5 Å². The summed E-state index contributed by atoms with van der Waals surface area (Å²) in [5.41, 5.74) is 0.710. The van der Waals surface area contributed by atoms with E-state index in [4.69, 9.17) is 0 Å². The van der Waals surface area contributed by atoms with Crippen molar-refractivity contribution in [3.63, 3.8) is 0 Å². The van der Waals surface area contributed by atoms with E-state index in [0.717, 1.165) is 12.1 Å². The van der Waals surface area contributed by atoms with Crippen LogP contribution in [0.3, 0.4) is 0 Å². The lowest BCUT2D eigenvalue weighted by atomic mass is 9.88. The molecule has 0 bridgehead atoms. The Bertz CT molecular complexity index is 353. The molecule has 0 radical (unpaired) electrons. The molecule has 0 aromatic heterocycles. The number of halogens is 2. The molecule has 1 rings (SSSR count). The van der Waals surface area contributed by atoms with E-state index in [-0.39, 0.29) is 17.8 Å². The summed E-state index contributed by atoms with van der Waals surface area (Å²) < 4.78 is 13.4. The van der Waals surface area contributed by atoms with Crippen molar-refractivity contribution in [2.45, 2.75) is 20.3 Å². The first kappa shape index (κ1) is 13.5. The molecule has 0 aliphatic rings. The summed E-state index contributed by atoms with van der Waals surface area (Å²) in [6, 6.07) is 4.80. The minimum atomic E-state index is -0.272. The Labute approximate surface area is 104 Å². The first-order valence-corrected chi connectivity index (χ1v) is 6.10. The zero-order valence-corrected chi connectivity index (χ0v) is 11.1. The van der Waals surface area contributed by atoms with Crippen LogP contribution in [0, 0.1) is 11.2 Å². The number of benzene rings is 1. The van der Waals surface area contributed by atoms with E-state index >= 15 is 0 Å². The highest BCUT2D eigenvalue weighted by Gasteiger charge is 2.20. The van der Waals surface area contributed by atoms with Gasteiger partial charge in [0.2, 0.25) is 0 Å². The van der Waals surface area contributed by atoms with Gasteiger partial charge >= 0.3 is 0 Å². The van der Waals surface area contributed by atoms with Gasteiger partial charge in [-0.3, -0.25) is 0 Å². The van der Waals surface area contributed by atoms with Crippen molar-refractivity contribution in [1.29, 1.82) is 0 Å². The van der Waals surface area contributed by atoms with E-state index in [2.05, 4.69) is 21.2 Å². The van der Waals surface area contributed by atoms with Crippen LogP contribution in [-0.2, 0) is 0 Å². The van der Waals surface area contributed by atoms with E-state index in [1.165, 1.54) is 6.07 Å². The predicted molar refractivity (Wildman–Crippen MR) is 68.1 cm³/mol. The quantitative estimate of drug-likeness (QED) is 0.871. The molecule has 1 aromatic rings. The van der Waals surface area contributed by atoms with Gasteiger partial charge < -0.3 is 10.4 Å². The molecule has 0 heterocycles. The summed E-state index contributed by atoms with van der Waals surface area (Å²) in [7, 11) is 0. The number of anilines is 1. The summed E-state index contributed by atoms with van der Waals surface area (Å²) >= 11 is 3.14. The Hall–Kier alpha value is -0.610. The second-order valence-corrected chi connectivity index (χ2v) is 5.16. The third-order valence-electron chi connectivity index (χ3n) is 2.87. The van der Waals surface area contributed by atoms with Crippen LogP contribution < -0.4 is 5.32 Å². The third-order valence-corrected chi connectivity index (χ3v) is 3.48. The number of aliphatic hydroxyl groups excluding tert-OH is 1. The molecule has 0 fully saturated rings. The first-order valence-electron chi connectivity index (χ1n) is 5.30. The van der Waals surface area contributed by atoms with Crippen LogP contribution in [0.25, 0.3) is 0 Å². The molecular formula is C12H17BrFNO. The summed E-state index contributed by atoms with van der Waals surface area (Å²) in [5.74, 6) is -0.272. The van der Waals surface area contributed by atoms with Gasteiger partial charge in [-0.15, -0.1) is 0 Å². The minimum Gasteiger partial charge on any atom is -0.396 e. The normalized spacial score (nSPS) is 14.6. The average Bonchev–Trinajstić information content (AvgIpc) is 2.30. The Kier molecular flexibility index (Phi) is 4.74. The van der Waals surface area contributed by atoms with Gasteiger partial charge in [0.05, 0.1) is 11.1 Å². The SMILES string of the molecule is CCC(C)(CO)CNc1ccc(F)c(Br)c1. The number of aliphatic hydroxyl groups is 1. The second kappa shape index (κ2) is 5.64. The fourth-order valence-corrected chi connectivity index (χ4v) is 1.59. The molecule has 0 amide bonds. The molecular weight excluding hydrogens is 273 g/mol. The standard InChI is InChI=1S/C12H17BrFNO/c1-3-12(2,8-16)7-15-9-4-5-11(14)10(13)6-9/h4-6,15-16H,3,7-8H2,1-2H3. The molecule has 0 spiro atoms. The van der Waals surface area contributed by atoms with Crippen LogP contribution in [0.15, 0.2) is 22.7 Å². The molecule has 0 aliphatic heterocycles. The van der Waals surface area contributed by atoms with Crippen molar-refractivity contribution < 1.29 is 9.50 Å². The monoisotopic (exact) mass is 289 g/mol. The average molecular weight is 290 g/mol. The fourth-order valence-electron chi connectivity index (χ4n) is 1.21. The number of nitrogens with one attached hydrogen (secondary N) is 1. The number of hydrogen-bond donors (Lipinski definition) is 2. The molecule has 90 valence electrons. The number of hydrogen-bond acceptors (Lipinski definition) is 2. The van der Waals surface area contributed by atoms with Gasteiger partial charge in [-0.2, -0.15) is 0 Å². The Morgan fingerprint density at radius 2 is 2.19 bits per heavy atom. The first-order chi connectivity index (χ1) is 7.50. The maximum Gasteiger partial charge on any atom is 0.137 e. The van der Waals surface area contributed by atoms with Crippen molar-refractivity contribution >= 4 is 21.6 Å². The maximum absolute atomic E-state index is 13.0. The predicted octanol–water partition coefficient (Wildman–Crippen LogP) is 3.41. The highest BCUT2D eigenvalue weighted by molar-refractivity contribution is 9.10. The van der Waals surface area contributed by atoms with Crippen molar-refractivity contribution in [1.82, 2.24) is 0 Å². The lowest BCUT2D eigenvalue weighted by Gasteiger charge is -2.26. The van der Waals surface area contributed by atoms with E-state index in [1.807, 2.05) is 13.8 Å². The van der Waals surface area contributed by atoms with Gasteiger partial charge in [-0.25, -0.2) is 4.39 Å². The molecule has 1 aromatic carbocycles. The Morgan fingerprint density at radius 3 is 2.69 bits per heavy atom. The maximum atomic E-state index is 13.0. The lowest BCUT2D eigenvalue weighted by Crippen LogP contribution is -2.29. The molecule has 16 heavy (non-hydrogen) atoms. The van der Waals surface area contributed by atoms with Gasteiger partial charge in [0.15, 0.2) is 0 Å². The topological polar surface area (TPSA) is 32.3 Å². The van der Waals surface area contributed by atoms with Gasteiger partial charge in [-0.05, 0) is 40.5 Å². The molecule has 0 aliphatic carbocycles. The minimum absolute atomic E-state index is 0.138. The third kappa shape index (κ3) is 3.46. The molecule has 0 saturated carbocycles. The summed E-state index contributed by atoms with van der Waals surface area (Å²) in [4.78, 5) is 0. The fraction of sp³-hybridized carbons (Fsp3) is 0.500.